The molecule has 0 fully saturated rings. The fraction of sp³-hybridized carbons (Fsp3) is 0.562. The zero-order valence-electron chi connectivity index (χ0n) is 13.4. The molecule has 5 heteroatoms. The fourth-order valence-electron chi connectivity index (χ4n) is 1.58. The van der Waals surface area contributed by atoms with Crippen LogP contribution < -0.4 is 10.6 Å². The molecule has 0 aromatic heterocycles. The molecule has 1 rings (SSSR count). The molecular formula is C16H25FN2O2. The number of amides is 1. The Morgan fingerprint density at radius 1 is 1.38 bits per heavy atom. The number of halogens is 1. The maximum Gasteiger partial charge on any atom is 0.412 e. The van der Waals surface area contributed by atoms with Gasteiger partial charge in [-0.05, 0) is 44.9 Å². The van der Waals surface area contributed by atoms with Gasteiger partial charge >= 0.3 is 6.09 Å². The van der Waals surface area contributed by atoms with Crippen molar-refractivity contribution in [1.29, 1.82) is 0 Å². The second-order valence-electron chi connectivity index (χ2n) is 6.22. The van der Waals surface area contributed by atoms with Gasteiger partial charge in [0.1, 0.15) is 11.4 Å². The smallest absolute Gasteiger partial charge is 0.412 e. The predicted molar refractivity (Wildman–Crippen MR) is 84.2 cm³/mol. The quantitative estimate of drug-likeness (QED) is 0.833. The molecule has 1 unspecified atom stereocenters. The normalized spacial score (nSPS) is 12.7. The van der Waals surface area contributed by atoms with Crippen LogP contribution in [-0.2, 0) is 4.74 Å². The molecule has 0 aliphatic rings. The highest BCUT2D eigenvalue weighted by molar-refractivity contribution is 5.85. The lowest BCUT2D eigenvalue weighted by Gasteiger charge is -2.20. The van der Waals surface area contributed by atoms with Crippen molar-refractivity contribution >= 4 is 17.5 Å². The van der Waals surface area contributed by atoms with E-state index in [1.165, 1.54) is 6.07 Å². The monoisotopic (exact) mass is 296 g/mol. The zero-order valence-corrected chi connectivity index (χ0v) is 13.4. The van der Waals surface area contributed by atoms with E-state index in [9.17, 15) is 9.18 Å². The summed E-state index contributed by atoms with van der Waals surface area (Å²) < 4.78 is 18.8. The van der Waals surface area contributed by atoms with E-state index in [0.717, 1.165) is 18.7 Å². The first-order valence-electron chi connectivity index (χ1n) is 7.24. The molecule has 0 aliphatic heterocycles. The highest BCUT2D eigenvalue weighted by Crippen LogP contribution is 2.21. The van der Waals surface area contributed by atoms with Crippen LogP contribution in [0.25, 0.3) is 0 Å². The second kappa shape index (κ2) is 7.29. The van der Waals surface area contributed by atoms with Gasteiger partial charge in [-0.15, -0.1) is 0 Å². The zero-order chi connectivity index (χ0) is 16.0. The summed E-state index contributed by atoms with van der Waals surface area (Å²) >= 11 is 0. The molecule has 2 N–H and O–H groups in total. The van der Waals surface area contributed by atoms with Crippen molar-refractivity contribution < 1.29 is 13.9 Å². The molecule has 0 aliphatic carbocycles. The number of carbonyl (C=O) groups excluding carboxylic acids is 1. The highest BCUT2D eigenvalue weighted by atomic mass is 19.1. The topological polar surface area (TPSA) is 50.4 Å². The van der Waals surface area contributed by atoms with Crippen molar-refractivity contribution in [3.05, 3.63) is 24.0 Å². The Morgan fingerprint density at radius 2 is 2.05 bits per heavy atom. The van der Waals surface area contributed by atoms with Gasteiger partial charge in [-0.2, -0.15) is 0 Å². The van der Waals surface area contributed by atoms with Gasteiger partial charge in [0.25, 0.3) is 0 Å². The van der Waals surface area contributed by atoms with E-state index in [1.807, 2.05) is 0 Å². The Bertz CT molecular complexity index is 484. The summed E-state index contributed by atoms with van der Waals surface area (Å²) in [5.74, 6) is 0.0345. The van der Waals surface area contributed by atoms with E-state index in [0.29, 0.717) is 5.92 Å². The molecular weight excluding hydrogens is 271 g/mol. The van der Waals surface area contributed by atoms with E-state index in [4.69, 9.17) is 4.74 Å². The lowest BCUT2D eigenvalue weighted by atomic mass is 10.1. The summed E-state index contributed by atoms with van der Waals surface area (Å²) in [5.41, 5.74) is 0.258. The number of ether oxygens (including phenoxy) is 1. The molecule has 0 radical (unpaired) electrons. The first-order chi connectivity index (χ1) is 9.71. The largest absolute Gasteiger partial charge is 0.444 e. The van der Waals surface area contributed by atoms with Gasteiger partial charge in [0.2, 0.25) is 0 Å². The Balaban J connectivity index is 2.71. The summed E-state index contributed by atoms with van der Waals surface area (Å²) in [5, 5.41) is 5.66. The predicted octanol–water partition coefficient (Wildman–Crippen LogP) is 4.63. The number of nitrogens with one attached hydrogen (secondary N) is 2. The van der Waals surface area contributed by atoms with E-state index in [2.05, 4.69) is 24.5 Å². The Hall–Kier alpha value is -1.78. The van der Waals surface area contributed by atoms with Gasteiger partial charge in [0.05, 0.1) is 5.69 Å². The van der Waals surface area contributed by atoms with Gasteiger partial charge in [-0.25, -0.2) is 9.18 Å². The van der Waals surface area contributed by atoms with Gasteiger partial charge < -0.3 is 10.1 Å². The molecule has 1 aromatic rings. The Kier molecular flexibility index (Phi) is 6.00. The summed E-state index contributed by atoms with van der Waals surface area (Å²) in [6, 6.07) is 4.55. The summed E-state index contributed by atoms with van der Waals surface area (Å²) in [6.07, 6.45) is 0.400. The van der Waals surface area contributed by atoms with Crippen LogP contribution in [0.5, 0.6) is 0 Å². The molecule has 1 amide bonds. The SMILES string of the molecule is CCC(C)CNc1ccc(F)c(NC(=O)OC(C)(C)C)c1. The molecule has 0 spiro atoms. The van der Waals surface area contributed by atoms with Crippen LogP contribution in [0.4, 0.5) is 20.6 Å². The second-order valence-corrected chi connectivity index (χ2v) is 6.22. The molecule has 0 heterocycles. The first-order valence-corrected chi connectivity index (χ1v) is 7.24. The van der Waals surface area contributed by atoms with Crippen LogP contribution in [0.3, 0.4) is 0 Å². The third kappa shape index (κ3) is 6.47. The van der Waals surface area contributed by atoms with Crippen molar-refractivity contribution in [3.63, 3.8) is 0 Å². The van der Waals surface area contributed by atoms with Crippen LogP contribution in [0.1, 0.15) is 41.0 Å². The van der Waals surface area contributed by atoms with Crippen LogP contribution in [0, 0.1) is 11.7 Å². The van der Waals surface area contributed by atoms with Crippen molar-refractivity contribution in [2.75, 3.05) is 17.2 Å². The van der Waals surface area contributed by atoms with E-state index in [1.54, 1.807) is 32.9 Å². The lowest BCUT2D eigenvalue weighted by molar-refractivity contribution is 0.0635. The fourth-order valence-corrected chi connectivity index (χ4v) is 1.58. The number of rotatable bonds is 5. The van der Waals surface area contributed by atoms with Crippen molar-refractivity contribution in [3.8, 4) is 0 Å². The number of anilines is 2. The van der Waals surface area contributed by atoms with Gasteiger partial charge in [0, 0.05) is 12.2 Å². The Labute approximate surface area is 126 Å². The van der Waals surface area contributed by atoms with E-state index < -0.39 is 17.5 Å². The van der Waals surface area contributed by atoms with Crippen molar-refractivity contribution in [1.82, 2.24) is 0 Å². The molecule has 0 saturated heterocycles. The summed E-state index contributed by atoms with van der Waals surface area (Å²) in [4.78, 5) is 11.7. The van der Waals surface area contributed by atoms with Crippen molar-refractivity contribution in [2.45, 2.75) is 46.6 Å². The average Bonchev–Trinajstić information content (AvgIpc) is 2.37. The van der Waals surface area contributed by atoms with Crippen LogP contribution in [0.15, 0.2) is 18.2 Å². The molecule has 21 heavy (non-hydrogen) atoms. The number of hydrogen-bond donors (Lipinski definition) is 2. The highest BCUT2D eigenvalue weighted by Gasteiger charge is 2.17. The van der Waals surface area contributed by atoms with Crippen molar-refractivity contribution in [2.24, 2.45) is 5.92 Å². The standard InChI is InChI=1S/C16H25FN2O2/c1-6-11(2)10-18-12-7-8-13(17)14(9-12)19-15(20)21-16(3,4)5/h7-9,11,18H,6,10H2,1-5H3,(H,19,20). The minimum atomic E-state index is -0.666. The number of hydrogen-bond acceptors (Lipinski definition) is 3. The summed E-state index contributed by atoms with van der Waals surface area (Å²) in [6.45, 7) is 10.3. The third-order valence-electron chi connectivity index (χ3n) is 2.95. The maximum absolute atomic E-state index is 13.7. The number of benzene rings is 1. The lowest BCUT2D eigenvalue weighted by Crippen LogP contribution is -2.27. The minimum Gasteiger partial charge on any atom is -0.444 e. The molecule has 118 valence electrons. The van der Waals surface area contributed by atoms with Crippen LogP contribution in [0.2, 0.25) is 0 Å². The molecule has 0 bridgehead atoms. The molecule has 0 saturated carbocycles. The molecule has 1 aromatic carbocycles. The maximum atomic E-state index is 13.7. The minimum absolute atomic E-state index is 0.110. The molecule has 1 atom stereocenters. The average molecular weight is 296 g/mol. The third-order valence-corrected chi connectivity index (χ3v) is 2.95. The molecule has 4 nitrogen and oxygen atoms in total. The summed E-state index contributed by atoms with van der Waals surface area (Å²) in [7, 11) is 0. The van der Waals surface area contributed by atoms with Crippen LogP contribution >= 0.6 is 0 Å². The van der Waals surface area contributed by atoms with E-state index in [-0.39, 0.29) is 5.69 Å². The van der Waals surface area contributed by atoms with Gasteiger partial charge in [-0.1, -0.05) is 20.3 Å². The van der Waals surface area contributed by atoms with Crippen LogP contribution in [-0.4, -0.2) is 18.2 Å². The van der Waals surface area contributed by atoms with Gasteiger partial charge in [0.15, 0.2) is 0 Å². The van der Waals surface area contributed by atoms with Gasteiger partial charge in [-0.3, -0.25) is 5.32 Å². The first kappa shape index (κ1) is 17.3. The Morgan fingerprint density at radius 3 is 2.62 bits per heavy atom. The number of carbonyl (C=O) groups is 1. The van der Waals surface area contributed by atoms with E-state index >= 15 is 0 Å².